The molecule has 25 heavy (non-hydrogen) atoms. The van der Waals surface area contributed by atoms with Crippen LogP contribution in [0.25, 0.3) is 6.08 Å². The predicted molar refractivity (Wildman–Crippen MR) is 115 cm³/mol. The Labute approximate surface area is 158 Å². The number of allylic oxidation sites excluding steroid dienone is 1. The standard InChI is InChI=1S/C25H42/c1-3-5-6-7-8-9-10-11-12-13-14-15-16-17-19-25-22-20-24(18-4-2)21-23-25/h4,18,20-23H,3,5-17,19H2,1-2H3. The van der Waals surface area contributed by atoms with E-state index in [2.05, 4.69) is 50.3 Å². The highest BCUT2D eigenvalue weighted by atomic mass is 14.0. The molecular formula is C25H42. The molecule has 0 radical (unpaired) electrons. The van der Waals surface area contributed by atoms with Crippen molar-refractivity contribution in [2.45, 2.75) is 110 Å². The maximum absolute atomic E-state index is 2.29. The van der Waals surface area contributed by atoms with E-state index in [1.54, 1.807) is 0 Å². The van der Waals surface area contributed by atoms with Gasteiger partial charge in [-0.05, 0) is 30.9 Å². The second-order valence-electron chi connectivity index (χ2n) is 7.59. The third kappa shape index (κ3) is 12.9. The van der Waals surface area contributed by atoms with Crippen LogP contribution in [0.4, 0.5) is 0 Å². The zero-order chi connectivity index (χ0) is 18.0. The normalized spacial score (nSPS) is 11.4. The number of benzene rings is 1. The van der Waals surface area contributed by atoms with Gasteiger partial charge < -0.3 is 0 Å². The number of unbranched alkanes of at least 4 members (excludes halogenated alkanes) is 13. The van der Waals surface area contributed by atoms with Gasteiger partial charge in [-0.15, -0.1) is 0 Å². The quantitative estimate of drug-likeness (QED) is 0.263. The molecule has 0 fully saturated rings. The Morgan fingerprint density at radius 3 is 1.48 bits per heavy atom. The van der Waals surface area contributed by atoms with E-state index in [1.165, 1.54) is 107 Å². The Kier molecular flexibility index (Phi) is 14.5. The van der Waals surface area contributed by atoms with Gasteiger partial charge in [0.1, 0.15) is 0 Å². The minimum absolute atomic E-state index is 1.24. The molecule has 0 aliphatic rings. The fourth-order valence-corrected chi connectivity index (χ4v) is 3.51. The molecule has 0 saturated carbocycles. The van der Waals surface area contributed by atoms with E-state index in [-0.39, 0.29) is 0 Å². The molecule has 1 rings (SSSR count). The van der Waals surface area contributed by atoms with Crippen molar-refractivity contribution in [1.29, 1.82) is 0 Å². The van der Waals surface area contributed by atoms with E-state index in [4.69, 9.17) is 0 Å². The highest BCUT2D eigenvalue weighted by Gasteiger charge is 1.96. The van der Waals surface area contributed by atoms with Crippen LogP contribution in [0.5, 0.6) is 0 Å². The van der Waals surface area contributed by atoms with Crippen LogP contribution in [-0.4, -0.2) is 0 Å². The molecule has 0 heterocycles. The van der Waals surface area contributed by atoms with Gasteiger partial charge in [0, 0.05) is 0 Å². The van der Waals surface area contributed by atoms with Crippen molar-refractivity contribution in [2.75, 3.05) is 0 Å². The van der Waals surface area contributed by atoms with E-state index in [0.29, 0.717) is 0 Å². The Hall–Kier alpha value is -1.04. The fraction of sp³-hybridized carbons (Fsp3) is 0.680. The van der Waals surface area contributed by atoms with Crippen molar-refractivity contribution in [2.24, 2.45) is 0 Å². The maximum atomic E-state index is 2.29. The molecule has 0 saturated heterocycles. The summed E-state index contributed by atoms with van der Waals surface area (Å²) in [5.41, 5.74) is 2.80. The first-order valence-electron chi connectivity index (χ1n) is 11.1. The molecular weight excluding hydrogens is 300 g/mol. The summed E-state index contributed by atoms with van der Waals surface area (Å²) in [6, 6.07) is 9.05. The first-order valence-corrected chi connectivity index (χ1v) is 11.1. The first kappa shape index (κ1) is 22.0. The molecule has 0 bridgehead atoms. The van der Waals surface area contributed by atoms with E-state index in [1.807, 2.05) is 0 Å². The van der Waals surface area contributed by atoms with Crippen LogP contribution in [0, 0.1) is 0 Å². The van der Waals surface area contributed by atoms with Gasteiger partial charge in [0.2, 0.25) is 0 Å². The molecule has 1 aromatic carbocycles. The summed E-state index contributed by atoms with van der Waals surface area (Å²) in [7, 11) is 0. The van der Waals surface area contributed by atoms with E-state index in [9.17, 15) is 0 Å². The molecule has 0 spiro atoms. The van der Waals surface area contributed by atoms with Gasteiger partial charge in [0.15, 0.2) is 0 Å². The summed E-state index contributed by atoms with van der Waals surface area (Å²) < 4.78 is 0. The Morgan fingerprint density at radius 2 is 1.04 bits per heavy atom. The van der Waals surface area contributed by atoms with Gasteiger partial charge >= 0.3 is 0 Å². The molecule has 0 atom stereocenters. The first-order chi connectivity index (χ1) is 12.4. The van der Waals surface area contributed by atoms with Crippen molar-refractivity contribution in [3.63, 3.8) is 0 Å². The molecule has 142 valence electrons. The molecule has 0 heteroatoms. The molecule has 0 aromatic heterocycles. The van der Waals surface area contributed by atoms with Crippen molar-refractivity contribution >= 4 is 6.08 Å². The molecule has 1 aromatic rings. The van der Waals surface area contributed by atoms with Crippen LogP contribution in [0.15, 0.2) is 30.3 Å². The van der Waals surface area contributed by atoms with Crippen molar-refractivity contribution in [3.8, 4) is 0 Å². The summed E-state index contributed by atoms with van der Waals surface area (Å²) in [5.74, 6) is 0. The van der Waals surface area contributed by atoms with Gasteiger partial charge in [-0.25, -0.2) is 0 Å². The zero-order valence-corrected chi connectivity index (χ0v) is 17.1. The summed E-state index contributed by atoms with van der Waals surface area (Å²) in [5, 5.41) is 0. The zero-order valence-electron chi connectivity index (χ0n) is 17.1. The third-order valence-electron chi connectivity index (χ3n) is 5.16. The lowest BCUT2D eigenvalue weighted by Gasteiger charge is -2.04. The average Bonchev–Trinajstić information content (AvgIpc) is 2.63. The van der Waals surface area contributed by atoms with Crippen LogP contribution in [-0.2, 0) is 6.42 Å². The summed E-state index contributed by atoms with van der Waals surface area (Å²) in [6.07, 6.45) is 25.6. The van der Waals surface area contributed by atoms with E-state index < -0.39 is 0 Å². The van der Waals surface area contributed by atoms with Crippen LogP contribution in [0.2, 0.25) is 0 Å². The summed E-state index contributed by atoms with van der Waals surface area (Å²) >= 11 is 0. The van der Waals surface area contributed by atoms with Crippen LogP contribution in [0.3, 0.4) is 0 Å². The topological polar surface area (TPSA) is 0 Å². The molecule has 0 aliphatic carbocycles. The smallest absolute Gasteiger partial charge is 0.0260 e. The molecule has 0 amide bonds. The maximum Gasteiger partial charge on any atom is -0.0260 e. The second-order valence-corrected chi connectivity index (χ2v) is 7.59. The second kappa shape index (κ2) is 16.4. The number of hydrogen-bond acceptors (Lipinski definition) is 0. The monoisotopic (exact) mass is 342 g/mol. The van der Waals surface area contributed by atoms with Gasteiger partial charge in [0.05, 0.1) is 0 Å². The lowest BCUT2D eigenvalue weighted by atomic mass is 10.0. The molecule has 0 unspecified atom stereocenters. The van der Waals surface area contributed by atoms with Crippen molar-refractivity contribution < 1.29 is 0 Å². The fourth-order valence-electron chi connectivity index (χ4n) is 3.51. The predicted octanol–water partition coefficient (Wildman–Crippen LogP) is 8.74. The number of aryl methyl sites for hydroxylation is 1. The SMILES string of the molecule is CC=Cc1ccc(CCCCCCCCCCCCCCCC)cc1. The van der Waals surface area contributed by atoms with E-state index >= 15 is 0 Å². The Balaban J connectivity index is 1.84. The van der Waals surface area contributed by atoms with Gasteiger partial charge in [-0.2, -0.15) is 0 Å². The highest BCUT2D eigenvalue weighted by molar-refractivity contribution is 5.49. The van der Waals surface area contributed by atoms with Crippen LogP contribution in [0.1, 0.15) is 115 Å². The highest BCUT2D eigenvalue weighted by Crippen LogP contribution is 2.14. The molecule has 0 nitrogen and oxygen atoms in total. The van der Waals surface area contributed by atoms with E-state index in [0.717, 1.165) is 0 Å². The minimum atomic E-state index is 1.24. The summed E-state index contributed by atoms with van der Waals surface area (Å²) in [6.45, 7) is 4.37. The molecule has 0 aliphatic heterocycles. The van der Waals surface area contributed by atoms with Gasteiger partial charge in [0.25, 0.3) is 0 Å². The van der Waals surface area contributed by atoms with Crippen molar-refractivity contribution in [3.05, 3.63) is 41.5 Å². The summed E-state index contributed by atoms with van der Waals surface area (Å²) in [4.78, 5) is 0. The Morgan fingerprint density at radius 1 is 0.600 bits per heavy atom. The lowest BCUT2D eigenvalue weighted by molar-refractivity contribution is 0.535. The van der Waals surface area contributed by atoms with Crippen LogP contribution >= 0.6 is 0 Å². The van der Waals surface area contributed by atoms with Crippen molar-refractivity contribution in [1.82, 2.24) is 0 Å². The lowest BCUT2D eigenvalue weighted by Crippen LogP contribution is -1.87. The molecule has 0 N–H and O–H groups in total. The largest absolute Gasteiger partial charge is 0.0871 e. The van der Waals surface area contributed by atoms with Gasteiger partial charge in [-0.3, -0.25) is 0 Å². The average molecular weight is 343 g/mol. The minimum Gasteiger partial charge on any atom is -0.0871 e. The van der Waals surface area contributed by atoms with Crippen LogP contribution < -0.4 is 0 Å². The Bertz CT molecular complexity index is 412. The third-order valence-corrected chi connectivity index (χ3v) is 5.16. The van der Waals surface area contributed by atoms with Gasteiger partial charge in [-0.1, -0.05) is 127 Å². The number of rotatable bonds is 16. The number of hydrogen-bond donors (Lipinski definition) is 0.